The van der Waals surface area contributed by atoms with Crippen LogP contribution in [-0.2, 0) is 11.3 Å². The van der Waals surface area contributed by atoms with Gasteiger partial charge in [0.15, 0.2) is 0 Å². The van der Waals surface area contributed by atoms with Crippen molar-refractivity contribution < 1.29 is 19.9 Å². The van der Waals surface area contributed by atoms with Gasteiger partial charge in [0, 0.05) is 0 Å². The average Bonchev–Trinajstić information content (AvgIpc) is 2.26. The van der Waals surface area contributed by atoms with E-state index in [0.29, 0.717) is 5.46 Å². The van der Waals surface area contributed by atoms with Crippen LogP contribution in [0, 0.1) is 6.92 Å². The number of benzene rings is 1. The molecule has 0 saturated heterocycles. The predicted molar refractivity (Wildman–Crippen MR) is 76.2 cm³/mol. The van der Waals surface area contributed by atoms with Gasteiger partial charge in [0.25, 0.3) is 0 Å². The number of rotatable bonds is 5. The number of hydrogen-bond donors (Lipinski definition) is 3. The fourth-order valence-corrected chi connectivity index (χ4v) is 1.60. The fourth-order valence-electron chi connectivity index (χ4n) is 1.60. The zero-order chi connectivity index (χ0) is 14.8. The zero-order valence-corrected chi connectivity index (χ0v) is 12.3. The van der Waals surface area contributed by atoms with Crippen LogP contribution >= 0.6 is 0 Å². The number of aliphatic hydroxyl groups excluding tert-OH is 1. The number of hydrogen-bond acceptors (Lipinski definition) is 4. The molecule has 0 aromatic heterocycles. The minimum Gasteiger partial charge on any atom is -0.423 e. The van der Waals surface area contributed by atoms with Gasteiger partial charge in [0.2, 0.25) is 0 Å². The highest BCUT2D eigenvalue weighted by atomic mass is 16.5. The molecule has 1 rings (SSSR count). The normalized spacial score (nSPS) is 12.6. The summed E-state index contributed by atoms with van der Waals surface area (Å²) in [6.07, 6.45) is 0. The van der Waals surface area contributed by atoms with Gasteiger partial charge in [0.1, 0.15) is 0 Å². The van der Waals surface area contributed by atoms with Crippen LogP contribution in [0.3, 0.4) is 0 Å². The van der Waals surface area contributed by atoms with Crippen molar-refractivity contribution in [3.63, 3.8) is 0 Å². The highest BCUT2D eigenvalue weighted by molar-refractivity contribution is 6.60. The van der Waals surface area contributed by atoms with Crippen LogP contribution in [0.1, 0.15) is 38.8 Å². The monoisotopic (exact) mass is 266 g/mol. The molecule has 106 valence electrons. The Morgan fingerprint density at radius 3 is 2.21 bits per heavy atom. The molecule has 0 atom stereocenters. The third kappa shape index (κ3) is 3.80. The van der Waals surface area contributed by atoms with E-state index in [9.17, 15) is 10.1 Å². The lowest BCUT2D eigenvalue weighted by molar-refractivity contribution is -0.0982. The average molecular weight is 266 g/mol. The molecule has 3 N–H and O–H groups in total. The van der Waals surface area contributed by atoms with E-state index < -0.39 is 18.3 Å². The summed E-state index contributed by atoms with van der Waals surface area (Å²) in [5, 5.41) is 29.2. The van der Waals surface area contributed by atoms with Crippen LogP contribution in [0.25, 0.3) is 0 Å². The molecule has 0 amide bonds. The van der Waals surface area contributed by atoms with Crippen molar-refractivity contribution in [1.29, 1.82) is 0 Å². The SMILES string of the molecule is Cc1cc(CO)ccc1B(O)OC(C)(C)C(C)(C)O. The number of aryl methyl sites for hydroxylation is 1. The molecule has 0 unspecified atom stereocenters. The van der Waals surface area contributed by atoms with Crippen molar-refractivity contribution in [1.82, 2.24) is 0 Å². The summed E-state index contributed by atoms with van der Waals surface area (Å²) < 4.78 is 5.59. The van der Waals surface area contributed by atoms with Crippen molar-refractivity contribution >= 4 is 12.6 Å². The minimum absolute atomic E-state index is 0.0345. The summed E-state index contributed by atoms with van der Waals surface area (Å²) in [6.45, 7) is 8.55. The first-order chi connectivity index (χ1) is 8.58. The maximum atomic E-state index is 10.2. The van der Waals surface area contributed by atoms with E-state index in [1.54, 1.807) is 45.9 Å². The summed E-state index contributed by atoms with van der Waals surface area (Å²) >= 11 is 0. The highest BCUT2D eigenvalue weighted by Crippen LogP contribution is 2.25. The van der Waals surface area contributed by atoms with Gasteiger partial charge in [-0.25, -0.2) is 0 Å². The van der Waals surface area contributed by atoms with E-state index in [1.807, 2.05) is 6.92 Å². The third-order valence-corrected chi connectivity index (χ3v) is 3.66. The van der Waals surface area contributed by atoms with E-state index in [0.717, 1.165) is 11.1 Å². The van der Waals surface area contributed by atoms with Crippen LogP contribution in [0.15, 0.2) is 18.2 Å². The zero-order valence-electron chi connectivity index (χ0n) is 12.3. The molecule has 0 aliphatic rings. The molecule has 0 aliphatic carbocycles. The Labute approximate surface area is 115 Å². The van der Waals surface area contributed by atoms with Crippen molar-refractivity contribution in [3.8, 4) is 0 Å². The predicted octanol–water partition coefficient (Wildman–Crippen LogP) is 0.741. The lowest BCUT2D eigenvalue weighted by Gasteiger charge is -2.38. The van der Waals surface area contributed by atoms with E-state index in [4.69, 9.17) is 9.76 Å². The van der Waals surface area contributed by atoms with E-state index >= 15 is 0 Å². The van der Waals surface area contributed by atoms with Gasteiger partial charge in [-0.3, -0.25) is 0 Å². The van der Waals surface area contributed by atoms with Crippen LogP contribution in [0.2, 0.25) is 0 Å². The molecule has 1 aromatic carbocycles. The summed E-state index contributed by atoms with van der Waals surface area (Å²) in [5.41, 5.74) is 0.289. The molecular weight excluding hydrogens is 243 g/mol. The second kappa shape index (κ2) is 5.63. The van der Waals surface area contributed by atoms with Gasteiger partial charge < -0.3 is 19.9 Å². The van der Waals surface area contributed by atoms with Crippen molar-refractivity contribution in [2.45, 2.75) is 52.4 Å². The summed E-state index contributed by atoms with van der Waals surface area (Å²) in [6, 6.07) is 5.27. The fraction of sp³-hybridized carbons (Fsp3) is 0.571. The topological polar surface area (TPSA) is 69.9 Å². The van der Waals surface area contributed by atoms with Crippen LogP contribution in [0.5, 0.6) is 0 Å². The largest absolute Gasteiger partial charge is 0.491 e. The molecule has 0 fully saturated rings. The Bertz CT molecular complexity index is 438. The van der Waals surface area contributed by atoms with Gasteiger partial charge in [0.05, 0.1) is 17.8 Å². The smallest absolute Gasteiger partial charge is 0.423 e. The molecule has 0 heterocycles. The molecule has 1 aromatic rings. The molecule has 0 bridgehead atoms. The second-order valence-corrected chi connectivity index (χ2v) is 5.89. The molecule has 5 heteroatoms. The Hall–Kier alpha value is -0.875. The first-order valence-electron chi connectivity index (χ1n) is 6.37. The molecule has 4 nitrogen and oxygen atoms in total. The minimum atomic E-state index is -1.12. The van der Waals surface area contributed by atoms with Gasteiger partial charge in [-0.2, -0.15) is 0 Å². The van der Waals surface area contributed by atoms with E-state index in [-0.39, 0.29) is 6.61 Å². The lowest BCUT2D eigenvalue weighted by atomic mass is 9.74. The Balaban J connectivity index is 2.93. The highest BCUT2D eigenvalue weighted by Gasteiger charge is 2.39. The first kappa shape index (κ1) is 16.2. The van der Waals surface area contributed by atoms with Crippen molar-refractivity contribution in [2.24, 2.45) is 0 Å². The number of aliphatic hydroxyl groups is 2. The van der Waals surface area contributed by atoms with Crippen LogP contribution in [0.4, 0.5) is 0 Å². The van der Waals surface area contributed by atoms with Crippen molar-refractivity contribution in [3.05, 3.63) is 29.3 Å². The Morgan fingerprint density at radius 1 is 1.21 bits per heavy atom. The molecule has 0 spiro atoms. The molecular formula is C14H23BO4. The van der Waals surface area contributed by atoms with Gasteiger partial charge >= 0.3 is 7.12 Å². The summed E-state index contributed by atoms with van der Waals surface area (Å²) in [7, 11) is -1.12. The van der Waals surface area contributed by atoms with Crippen LogP contribution < -0.4 is 5.46 Å². The molecule has 0 saturated carbocycles. The lowest BCUT2D eigenvalue weighted by Crippen LogP contribution is -2.53. The quantitative estimate of drug-likeness (QED) is 0.687. The third-order valence-electron chi connectivity index (χ3n) is 3.66. The van der Waals surface area contributed by atoms with E-state index in [1.165, 1.54) is 0 Å². The molecule has 19 heavy (non-hydrogen) atoms. The van der Waals surface area contributed by atoms with Crippen molar-refractivity contribution in [2.75, 3.05) is 0 Å². The molecule has 0 aliphatic heterocycles. The maximum absolute atomic E-state index is 10.2. The van der Waals surface area contributed by atoms with Gasteiger partial charge in [-0.1, -0.05) is 23.8 Å². The Morgan fingerprint density at radius 2 is 1.79 bits per heavy atom. The van der Waals surface area contributed by atoms with Gasteiger partial charge in [-0.15, -0.1) is 0 Å². The summed E-state index contributed by atoms with van der Waals surface area (Å²) in [4.78, 5) is 0. The Kier molecular flexibility index (Phi) is 4.79. The maximum Gasteiger partial charge on any atom is 0.491 e. The second-order valence-electron chi connectivity index (χ2n) is 5.89. The van der Waals surface area contributed by atoms with Crippen LogP contribution in [-0.4, -0.2) is 33.6 Å². The van der Waals surface area contributed by atoms with Gasteiger partial charge in [-0.05, 0) is 45.6 Å². The first-order valence-corrected chi connectivity index (χ1v) is 6.37. The van der Waals surface area contributed by atoms with E-state index in [2.05, 4.69) is 0 Å². The standard InChI is InChI=1S/C14H23BO4/c1-10-8-11(9-16)6-7-12(10)15(18)19-14(4,5)13(2,3)17/h6-8,16-18H,9H2,1-5H3. The summed E-state index contributed by atoms with van der Waals surface area (Å²) in [5.74, 6) is 0. The molecule has 0 radical (unpaired) electrons.